The molecule has 1 rings (SSSR count). The normalized spacial score (nSPS) is 9.50. The van der Waals surface area contributed by atoms with Crippen molar-refractivity contribution in [3.63, 3.8) is 0 Å². The van der Waals surface area contributed by atoms with Gasteiger partial charge in [0.05, 0.1) is 0 Å². The molecular weight excluding hydrogens is 154 g/mol. The van der Waals surface area contributed by atoms with E-state index in [0.717, 1.165) is 5.56 Å². The molecule has 3 heteroatoms. The van der Waals surface area contributed by atoms with E-state index in [0.29, 0.717) is 5.56 Å². The van der Waals surface area contributed by atoms with Crippen LogP contribution in [-0.2, 0) is 0 Å². The topological polar surface area (TPSA) is 49.3 Å². The third-order valence-electron chi connectivity index (χ3n) is 1.55. The molecule has 0 heterocycles. The van der Waals surface area contributed by atoms with Gasteiger partial charge in [-0.1, -0.05) is 17.7 Å². The Kier molecular flexibility index (Phi) is 2.82. The molecule has 0 unspecified atom stereocenters. The Morgan fingerprint density at radius 2 is 2.00 bits per heavy atom. The fourth-order valence-electron chi connectivity index (χ4n) is 0.879. The van der Waals surface area contributed by atoms with Crippen LogP contribution in [0.3, 0.4) is 0 Å². The van der Waals surface area contributed by atoms with Gasteiger partial charge < -0.3 is 10.4 Å². The van der Waals surface area contributed by atoms with Gasteiger partial charge in [0.15, 0.2) is 0 Å². The minimum atomic E-state index is -0.327. The Balaban J connectivity index is 2.75. The molecule has 0 atom stereocenters. The Morgan fingerprint density at radius 1 is 1.42 bits per heavy atom. The number of benzene rings is 1. The zero-order valence-corrected chi connectivity index (χ0v) is 6.87. The molecule has 1 amide bonds. The average Bonchev–Trinajstić information content (AvgIpc) is 2.06. The summed E-state index contributed by atoms with van der Waals surface area (Å²) in [6.45, 7) is 1.63. The van der Waals surface area contributed by atoms with Crippen molar-refractivity contribution in [2.45, 2.75) is 6.92 Å². The quantitative estimate of drug-likeness (QED) is 0.633. The number of carbonyl (C=O) groups excluding carboxylic acids is 1. The predicted molar refractivity (Wildman–Crippen MR) is 45.7 cm³/mol. The summed E-state index contributed by atoms with van der Waals surface area (Å²) in [6.07, 6.45) is 0. The lowest BCUT2D eigenvalue weighted by molar-refractivity contribution is 0.0910. The molecule has 2 N–H and O–H groups in total. The van der Waals surface area contributed by atoms with Crippen LogP contribution >= 0.6 is 0 Å². The van der Waals surface area contributed by atoms with Crippen molar-refractivity contribution in [2.24, 2.45) is 0 Å². The second-order valence-corrected chi connectivity index (χ2v) is 2.53. The highest BCUT2D eigenvalue weighted by Gasteiger charge is 2.01. The van der Waals surface area contributed by atoms with Crippen molar-refractivity contribution >= 4 is 5.91 Å². The van der Waals surface area contributed by atoms with Crippen LogP contribution in [0.25, 0.3) is 0 Å². The highest BCUT2D eigenvalue weighted by molar-refractivity contribution is 5.94. The van der Waals surface area contributed by atoms with E-state index < -0.39 is 0 Å². The summed E-state index contributed by atoms with van der Waals surface area (Å²) in [4.78, 5) is 11.1. The SMILES string of the molecule is Cc1ccc(C(=O)NCO)cc1. The Hall–Kier alpha value is -1.35. The highest BCUT2D eigenvalue weighted by atomic mass is 16.3. The zero-order chi connectivity index (χ0) is 8.97. The van der Waals surface area contributed by atoms with Gasteiger partial charge in [0.25, 0.3) is 5.91 Å². The van der Waals surface area contributed by atoms with E-state index in [2.05, 4.69) is 5.32 Å². The van der Waals surface area contributed by atoms with Crippen LogP contribution < -0.4 is 5.32 Å². The number of aliphatic hydroxyl groups excluding tert-OH is 1. The molecule has 0 aliphatic carbocycles. The first-order chi connectivity index (χ1) is 5.74. The number of nitrogens with one attached hydrogen (secondary N) is 1. The van der Waals surface area contributed by atoms with E-state index in [1.54, 1.807) is 12.1 Å². The zero-order valence-electron chi connectivity index (χ0n) is 6.87. The van der Waals surface area contributed by atoms with Crippen LogP contribution in [0.2, 0.25) is 0 Å². The van der Waals surface area contributed by atoms with E-state index in [1.807, 2.05) is 19.1 Å². The first kappa shape index (κ1) is 8.74. The third-order valence-corrected chi connectivity index (χ3v) is 1.55. The molecule has 3 nitrogen and oxygen atoms in total. The van der Waals surface area contributed by atoms with E-state index >= 15 is 0 Å². The number of aliphatic hydroxyl groups is 1. The van der Waals surface area contributed by atoms with Crippen molar-refractivity contribution in [1.82, 2.24) is 5.32 Å². The molecule has 0 aliphatic heterocycles. The van der Waals surface area contributed by atoms with Crippen molar-refractivity contribution in [3.05, 3.63) is 35.4 Å². The Bertz CT molecular complexity index is 266. The van der Waals surface area contributed by atoms with Gasteiger partial charge in [-0.15, -0.1) is 0 Å². The third kappa shape index (κ3) is 2.07. The summed E-state index contributed by atoms with van der Waals surface area (Å²) < 4.78 is 0. The van der Waals surface area contributed by atoms with Crippen LogP contribution in [0.1, 0.15) is 15.9 Å². The monoisotopic (exact) mass is 165 g/mol. The first-order valence-corrected chi connectivity index (χ1v) is 3.70. The van der Waals surface area contributed by atoms with E-state index in [9.17, 15) is 4.79 Å². The van der Waals surface area contributed by atoms with Gasteiger partial charge in [0.1, 0.15) is 6.73 Å². The van der Waals surface area contributed by atoms with Crippen molar-refractivity contribution in [3.8, 4) is 0 Å². The van der Waals surface area contributed by atoms with E-state index in [4.69, 9.17) is 5.11 Å². The number of rotatable bonds is 2. The summed E-state index contributed by atoms with van der Waals surface area (Å²) in [5.41, 5.74) is 1.67. The second kappa shape index (κ2) is 3.88. The number of hydrogen-bond acceptors (Lipinski definition) is 2. The van der Waals surface area contributed by atoms with Gasteiger partial charge in [-0.25, -0.2) is 0 Å². The minimum Gasteiger partial charge on any atom is -0.376 e. The smallest absolute Gasteiger partial charge is 0.253 e. The number of aryl methyl sites for hydroxylation is 1. The number of amides is 1. The highest BCUT2D eigenvalue weighted by Crippen LogP contribution is 2.02. The Morgan fingerprint density at radius 3 is 2.50 bits per heavy atom. The second-order valence-electron chi connectivity index (χ2n) is 2.53. The fraction of sp³-hybridized carbons (Fsp3) is 0.222. The molecule has 0 radical (unpaired) electrons. The lowest BCUT2D eigenvalue weighted by Crippen LogP contribution is -2.23. The maximum Gasteiger partial charge on any atom is 0.253 e. The number of hydrogen-bond donors (Lipinski definition) is 2. The molecule has 0 saturated carbocycles. The van der Waals surface area contributed by atoms with E-state index in [1.165, 1.54) is 0 Å². The molecule has 0 aromatic heterocycles. The summed E-state index contributed by atoms with van der Waals surface area (Å²) in [5.74, 6) is -0.252. The molecule has 0 saturated heterocycles. The van der Waals surface area contributed by atoms with Gasteiger partial charge in [-0.2, -0.15) is 0 Å². The molecule has 1 aromatic rings. The minimum absolute atomic E-state index is 0.252. The summed E-state index contributed by atoms with van der Waals surface area (Å²) in [6, 6.07) is 7.15. The van der Waals surface area contributed by atoms with E-state index in [-0.39, 0.29) is 12.6 Å². The average molecular weight is 165 g/mol. The largest absolute Gasteiger partial charge is 0.376 e. The molecule has 1 aromatic carbocycles. The van der Waals surface area contributed by atoms with Crippen molar-refractivity contribution < 1.29 is 9.90 Å². The maximum atomic E-state index is 11.1. The van der Waals surface area contributed by atoms with Crippen LogP contribution in [0.15, 0.2) is 24.3 Å². The van der Waals surface area contributed by atoms with Crippen LogP contribution in [0.4, 0.5) is 0 Å². The summed E-state index contributed by atoms with van der Waals surface area (Å²) >= 11 is 0. The first-order valence-electron chi connectivity index (χ1n) is 3.70. The van der Waals surface area contributed by atoms with Gasteiger partial charge in [0, 0.05) is 5.56 Å². The molecule has 0 bridgehead atoms. The van der Waals surface area contributed by atoms with Crippen LogP contribution in [-0.4, -0.2) is 17.7 Å². The standard InChI is InChI=1S/C9H11NO2/c1-7-2-4-8(5-3-7)9(12)10-6-11/h2-5,11H,6H2,1H3,(H,10,12). The number of carbonyl (C=O) groups is 1. The van der Waals surface area contributed by atoms with Crippen molar-refractivity contribution in [2.75, 3.05) is 6.73 Å². The molecular formula is C9H11NO2. The maximum absolute atomic E-state index is 11.1. The molecule has 0 spiro atoms. The van der Waals surface area contributed by atoms with Crippen molar-refractivity contribution in [1.29, 1.82) is 0 Å². The lowest BCUT2D eigenvalue weighted by atomic mass is 10.1. The molecule has 64 valence electrons. The van der Waals surface area contributed by atoms with Gasteiger partial charge in [-0.05, 0) is 19.1 Å². The van der Waals surface area contributed by atoms with Gasteiger partial charge in [0.2, 0.25) is 0 Å². The summed E-state index contributed by atoms with van der Waals surface area (Å²) in [5, 5.41) is 10.7. The van der Waals surface area contributed by atoms with Crippen LogP contribution in [0.5, 0.6) is 0 Å². The molecule has 0 fully saturated rings. The van der Waals surface area contributed by atoms with Crippen LogP contribution in [0, 0.1) is 6.92 Å². The van der Waals surface area contributed by atoms with Gasteiger partial charge >= 0.3 is 0 Å². The predicted octanol–water partition coefficient (Wildman–Crippen LogP) is 0.675. The molecule has 12 heavy (non-hydrogen) atoms. The van der Waals surface area contributed by atoms with Gasteiger partial charge in [-0.3, -0.25) is 4.79 Å². The lowest BCUT2D eigenvalue weighted by Gasteiger charge is -2.00. The molecule has 0 aliphatic rings. The Labute approximate surface area is 71.0 Å². The summed E-state index contributed by atoms with van der Waals surface area (Å²) in [7, 11) is 0. The fourth-order valence-corrected chi connectivity index (χ4v) is 0.879.